The van der Waals surface area contributed by atoms with Crippen LogP contribution in [0.5, 0.6) is 0 Å². The summed E-state index contributed by atoms with van der Waals surface area (Å²) in [5.41, 5.74) is 2.86. The predicted molar refractivity (Wildman–Crippen MR) is 77.7 cm³/mol. The summed E-state index contributed by atoms with van der Waals surface area (Å²) in [6.45, 7) is 4.69. The summed E-state index contributed by atoms with van der Waals surface area (Å²) in [7, 11) is 0. The molecule has 2 aromatic carbocycles. The van der Waals surface area contributed by atoms with Crippen molar-refractivity contribution in [2.75, 3.05) is 6.54 Å². The lowest BCUT2D eigenvalue weighted by molar-refractivity contribution is 0.541. The van der Waals surface area contributed by atoms with Crippen LogP contribution in [0.15, 0.2) is 42.5 Å². The van der Waals surface area contributed by atoms with Crippen LogP contribution in [0.4, 0.5) is 8.78 Å². The lowest BCUT2D eigenvalue weighted by atomic mass is 9.97. The SMILES string of the molecule is CCNC(Cc1ccc(F)cc1)c1cc(C)cc(F)c1. The number of likely N-dealkylation sites (N-methyl/N-ethyl adjacent to an activating group) is 1. The Labute approximate surface area is 118 Å². The van der Waals surface area contributed by atoms with E-state index < -0.39 is 0 Å². The van der Waals surface area contributed by atoms with Crippen LogP contribution in [0.1, 0.15) is 29.7 Å². The van der Waals surface area contributed by atoms with Crippen LogP contribution >= 0.6 is 0 Å². The molecule has 0 amide bonds. The van der Waals surface area contributed by atoms with Gasteiger partial charge in [0.2, 0.25) is 0 Å². The minimum absolute atomic E-state index is 0.0276. The van der Waals surface area contributed by atoms with Gasteiger partial charge in [0.15, 0.2) is 0 Å². The zero-order chi connectivity index (χ0) is 14.5. The first-order chi connectivity index (χ1) is 9.58. The van der Waals surface area contributed by atoms with Crippen LogP contribution in [0, 0.1) is 18.6 Å². The van der Waals surface area contributed by atoms with Crippen LogP contribution in [-0.4, -0.2) is 6.54 Å². The summed E-state index contributed by atoms with van der Waals surface area (Å²) >= 11 is 0. The Morgan fingerprint density at radius 1 is 1.00 bits per heavy atom. The second kappa shape index (κ2) is 6.62. The third-order valence-electron chi connectivity index (χ3n) is 3.27. The molecule has 0 aliphatic carbocycles. The molecule has 0 saturated heterocycles. The summed E-state index contributed by atoms with van der Waals surface area (Å²) in [4.78, 5) is 0. The van der Waals surface area contributed by atoms with Gasteiger partial charge in [0.05, 0.1) is 0 Å². The van der Waals surface area contributed by atoms with Crippen LogP contribution in [0.2, 0.25) is 0 Å². The van der Waals surface area contributed by atoms with E-state index >= 15 is 0 Å². The van der Waals surface area contributed by atoms with Gasteiger partial charge in [0, 0.05) is 6.04 Å². The molecule has 1 nitrogen and oxygen atoms in total. The zero-order valence-electron chi connectivity index (χ0n) is 11.8. The molecule has 0 saturated carbocycles. The van der Waals surface area contributed by atoms with Crippen LogP contribution in [0.25, 0.3) is 0 Å². The number of aryl methyl sites for hydroxylation is 1. The van der Waals surface area contributed by atoms with E-state index in [-0.39, 0.29) is 17.7 Å². The van der Waals surface area contributed by atoms with Gasteiger partial charge in [0.25, 0.3) is 0 Å². The van der Waals surface area contributed by atoms with Gasteiger partial charge >= 0.3 is 0 Å². The van der Waals surface area contributed by atoms with E-state index in [1.165, 1.54) is 18.2 Å². The molecule has 0 aliphatic heterocycles. The molecule has 0 fully saturated rings. The molecular weight excluding hydrogens is 256 g/mol. The Balaban J connectivity index is 2.23. The quantitative estimate of drug-likeness (QED) is 0.863. The molecule has 106 valence electrons. The molecular formula is C17H19F2N. The highest BCUT2D eigenvalue weighted by molar-refractivity contribution is 5.28. The molecule has 1 atom stereocenters. The highest BCUT2D eigenvalue weighted by Gasteiger charge is 2.12. The van der Waals surface area contributed by atoms with Gasteiger partial charge in [-0.1, -0.05) is 25.1 Å². The van der Waals surface area contributed by atoms with E-state index in [9.17, 15) is 8.78 Å². The van der Waals surface area contributed by atoms with Crippen molar-refractivity contribution in [2.45, 2.75) is 26.3 Å². The standard InChI is InChI=1S/C17H19F2N/c1-3-20-17(10-13-4-6-15(18)7-5-13)14-8-12(2)9-16(19)11-14/h4-9,11,17,20H,3,10H2,1-2H3. The number of hydrogen-bond acceptors (Lipinski definition) is 1. The molecule has 2 rings (SSSR count). The molecule has 0 radical (unpaired) electrons. The Morgan fingerprint density at radius 2 is 1.70 bits per heavy atom. The third-order valence-corrected chi connectivity index (χ3v) is 3.27. The summed E-state index contributed by atoms with van der Waals surface area (Å²) in [5, 5.41) is 3.36. The van der Waals surface area contributed by atoms with Gasteiger partial charge < -0.3 is 5.32 Å². The van der Waals surface area contributed by atoms with Crippen molar-refractivity contribution in [2.24, 2.45) is 0 Å². The number of rotatable bonds is 5. The Bertz CT molecular complexity index is 543. The molecule has 0 aliphatic rings. The maximum Gasteiger partial charge on any atom is 0.123 e. The fraction of sp³-hybridized carbons (Fsp3) is 0.294. The first-order valence-electron chi connectivity index (χ1n) is 6.83. The molecule has 20 heavy (non-hydrogen) atoms. The maximum absolute atomic E-state index is 13.5. The van der Waals surface area contributed by atoms with Crippen molar-refractivity contribution in [3.8, 4) is 0 Å². The lowest BCUT2D eigenvalue weighted by Gasteiger charge is -2.19. The van der Waals surface area contributed by atoms with E-state index in [0.717, 1.165) is 23.2 Å². The molecule has 1 N–H and O–H groups in total. The van der Waals surface area contributed by atoms with Crippen molar-refractivity contribution >= 4 is 0 Å². The molecule has 0 spiro atoms. The smallest absolute Gasteiger partial charge is 0.123 e. The van der Waals surface area contributed by atoms with Gasteiger partial charge in [-0.05, 0) is 60.8 Å². The topological polar surface area (TPSA) is 12.0 Å². The Hall–Kier alpha value is -1.74. The fourth-order valence-electron chi connectivity index (χ4n) is 2.38. The van der Waals surface area contributed by atoms with Gasteiger partial charge in [-0.3, -0.25) is 0 Å². The lowest BCUT2D eigenvalue weighted by Crippen LogP contribution is -2.23. The highest BCUT2D eigenvalue weighted by Crippen LogP contribution is 2.21. The van der Waals surface area contributed by atoms with Gasteiger partial charge in [-0.2, -0.15) is 0 Å². The summed E-state index contributed by atoms with van der Waals surface area (Å²) in [6, 6.07) is 11.5. The summed E-state index contributed by atoms with van der Waals surface area (Å²) in [6.07, 6.45) is 0.705. The average molecular weight is 275 g/mol. The van der Waals surface area contributed by atoms with E-state index in [0.29, 0.717) is 6.42 Å². The number of benzene rings is 2. The minimum atomic E-state index is -0.240. The second-order valence-corrected chi connectivity index (χ2v) is 5.00. The van der Waals surface area contributed by atoms with Crippen molar-refractivity contribution in [1.29, 1.82) is 0 Å². The number of halogens is 2. The molecule has 1 unspecified atom stereocenters. The normalized spacial score (nSPS) is 12.4. The molecule has 0 aromatic heterocycles. The van der Waals surface area contributed by atoms with Crippen molar-refractivity contribution in [3.05, 3.63) is 70.8 Å². The van der Waals surface area contributed by atoms with E-state index in [1.54, 1.807) is 18.2 Å². The van der Waals surface area contributed by atoms with E-state index in [4.69, 9.17) is 0 Å². The second-order valence-electron chi connectivity index (χ2n) is 5.00. The first-order valence-corrected chi connectivity index (χ1v) is 6.83. The molecule has 0 heterocycles. The molecule has 3 heteroatoms. The van der Waals surface area contributed by atoms with Gasteiger partial charge in [0.1, 0.15) is 11.6 Å². The fourth-order valence-corrected chi connectivity index (χ4v) is 2.38. The summed E-state index contributed by atoms with van der Waals surface area (Å²) in [5.74, 6) is -0.461. The number of nitrogens with one attached hydrogen (secondary N) is 1. The zero-order valence-corrected chi connectivity index (χ0v) is 11.8. The third kappa shape index (κ3) is 3.87. The van der Waals surface area contributed by atoms with Crippen molar-refractivity contribution < 1.29 is 8.78 Å². The monoisotopic (exact) mass is 275 g/mol. The van der Waals surface area contributed by atoms with Gasteiger partial charge in [-0.25, -0.2) is 8.78 Å². The van der Waals surface area contributed by atoms with Crippen LogP contribution in [0.3, 0.4) is 0 Å². The van der Waals surface area contributed by atoms with Crippen molar-refractivity contribution in [1.82, 2.24) is 5.32 Å². The van der Waals surface area contributed by atoms with E-state index in [2.05, 4.69) is 5.32 Å². The predicted octanol–water partition coefficient (Wildman–Crippen LogP) is 4.17. The summed E-state index contributed by atoms with van der Waals surface area (Å²) < 4.78 is 26.5. The van der Waals surface area contributed by atoms with Gasteiger partial charge in [-0.15, -0.1) is 0 Å². The minimum Gasteiger partial charge on any atom is -0.310 e. The largest absolute Gasteiger partial charge is 0.310 e. The number of hydrogen-bond donors (Lipinski definition) is 1. The van der Waals surface area contributed by atoms with E-state index in [1.807, 2.05) is 19.9 Å². The van der Waals surface area contributed by atoms with Crippen LogP contribution < -0.4 is 5.32 Å². The first kappa shape index (κ1) is 14.7. The highest BCUT2D eigenvalue weighted by atomic mass is 19.1. The molecule has 0 bridgehead atoms. The Morgan fingerprint density at radius 3 is 2.30 bits per heavy atom. The maximum atomic E-state index is 13.5. The Kier molecular flexibility index (Phi) is 4.85. The molecule has 2 aromatic rings. The average Bonchev–Trinajstić information content (AvgIpc) is 2.39. The van der Waals surface area contributed by atoms with Crippen molar-refractivity contribution in [3.63, 3.8) is 0 Å². The van der Waals surface area contributed by atoms with Crippen LogP contribution in [-0.2, 0) is 6.42 Å².